The van der Waals surface area contributed by atoms with Gasteiger partial charge in [-0.1, -0.05) is 17.3 Å². The van der Waals surface area contributed by atoms with Gasteiger partial charge in [-0.15, -0.1) is 23.5 Å². The second-order valence-electron chi connectivity index (χ2n) is 7.05. The third-order valence-corrected chi connectivity index (χ3v) is 6.85. The minimum atomic E-state index is -0.363. The fourth-order valence-electron chi connectivity index (χ4n) is 3.68. The third-order valence-electron chi connectivity index (χ3n) is 5.37. The summed E-state index contributed by atoms with van der Waals surface area (Å²) in [6.45, 7) is 4.43. The second kappa shape index (κ2) is 9.20. The van der Waals surface area contributed by atoms with Gasteiger partial charge in [0, 0.05) is 27.6 Å². The van der Waals surface area contributed by atoms with Crippen LogP contribution in [0.15, 0.2) is 68.5 Å². The van der Waals surface area contributed by atoms with Crippen LogP contribution in [-0.2, 0) is 0 Å². The summed E-state index contributed by atoms with van der Waals surface area (Å²) < 4.78 is 5.70. The van der Waals surface area contributed by atoms with Gasteiger partial charge in [-0.2, -0.15) is 4.98 Å². The van der Waals surface area contributed by atoms with E-state index in [9.17, 15) is 4.79 Å². The lowest BCUT2D eigenvalue weighted by atomic mass is 9.95. The first kappa shape index (κ1) is 21.5. The molecular weight excluding hydrogens is 428 g/mol. The van der Waals surface area contributed by atoms with Gasteiger partial charge in [-0.05, 0) is 68.3 Å². The lowest BCUT2D eigenvalue weighted by molar-refractivity contribution is 0.207. The largest absolute Gasteiger partial charge is 0.334 e. The number of carbonyl (C=O) groups is 1. The van der Waals surface area contributed by atoms with Crippen molar-refractivity contribution in [2.45, 2.75) is 29.7 Å². The summed E-state index contributed by atoms with van der Waals surface area (Å²) in [7, 11) is 0. The van der Waals surface area contributed by atoms with Gasteiger partial charge in [0.25, 0.3) is 5.89 Å². The maximum atomic E-state index is 12.7. The van der Waals surface area contributed by atoms with Crippen molar-refractivity contribution in [3.8, 4) is 11.4 Å². The molecule has 1 atom stereocenters. The van der Waals surface area contributed by atoms with Crippen LogP contribution >= 0.6 is 23.5 Å². The number of nitrogens with one attached hydrogen (secondary N) is 1. The number of allylic oxidation sites excluding steroid dienone is 1. The van der Waals surface area contributed by atoms with E-state index in [0.717, 1.165) is 27.3 Å². The molecule has 1 aliphatic heterocycles. The molecule has 2 aromatic carbocycles. The molecule has 8 heteroatoms. The highest BCUT2D eigenvalue weighted by atomic mass is 32.2. The van der Waals surface area contributed by atoms with E-state index < -0.39 is 0 Å². The zero-order chi connectivity index (χ0) is 22.0. The molecule has 0 bridgehead atoms. The topological polar surface area (TPSA) is 71.3 Å². The van der Waals surface area contributed by atoms with E-state index >= 15 is 0 Å². The number of thioether (sulfide) groups is 2. The van der Waals surface area contributed by atoms with Crippen LogP contribution < -0.4 is 5.32 Å². The van der Waals surface area contributed by atoms with Crippen molar-refractivity contribution < 1.29 is 9.32 Å². The maximum Gasteiger partial charge on any atom is 0.322 e. The molecular formula is C23H24N4O2S2. The van der Waals surface area contributed by atoms with Crippen molar-refractivity contribution in [1.29, 1.82) is 0 Å². The smallest absolute Gasteiger partial charge is 0.322 e. The van der Waals surface area contributed by atoms with E-state index in [2.05, 4.69) is 27.6 Å². The lowest BCUT2D eigenvalue weighted by Crippen LogP contribution is -2.45. The molecule has 0 aliphatic carbocycles. The summed E-state index contributed by atoms with van der Waals surface area (Å²) in [5, 5.41) is 7.32. The van der Waals surface area contributed by atoms with Crippen molar-refractivity contribution in [2.75, 3.05) is 19.1 Å². The summed E-state index contributed by atoms with van der Waals surface area (Å²) in [6.07, 6.45) is 4.08. The number of hydrogen-bond donors (Lipinski definition) is 1. The Labute approximate surface area is 190 Å². The van der Waals surface area contributed by atoms with Crippen LogP contribution in [0.1, 0.15) is 31.3 Å². The molecule has 4 rings (SSSR count). The van der Waals surface area contributed by atoms with Crippen LogP contribution in [0.2, 0.25) is 0 Å². The van der Waals surface area contributed by atoms with Crippen LogP contribution in [0.4, 0.5) is 4.79 Å². The number of amides is 2. The molecule has 2 amide bonds. The minimum Gasteiger partial charge on any atom is -0.334 e. The zero-order valence-electron chi connectivity index (χ0n) is 17.9. The Bertz CT molecular complexity index is 1110. The molecule has 2 heterocycles. The molecule has 3 aromatic rings. The number of hydrogen-bond acceptors (Lipinski definition) is 6. The predicted molar refractivity (Wildman–Crippen MR) is 126 cm³/mol. The van der Waals surface area contributed by atoms with Gasteiger partial charge in [-0.3, -0.25) is 4.90 Å². The Kier molecular flexibility index (Phi) is 6.38. The minimum absolute atomic E-state index is 0.130. The quantitative estimate of drug-likeness (QED) is 0.484. The van der Waals surface area contributed by atoms with Gasteiger partial charge >= 0.3 is 6.03 Å². The van der Waals surface area contributed by atoms with E-state index in [4.69, 9.17) is 4.52 Å². The Morgan fingerprint density at radius 3 is 2.23 bits per heavy atom. The first-order chi connectivity index (χ1) is 15.0. The van der Waals surface area contributed by atoms with E-state index in [1.54, 1.807) is 28.4 Å². The Morgan fingerprint density at radius 2 is 1.65 bits per heavy atom. The van der Waals surface area contributed by atoms with Crippen LogP contribution in [-0.4, -0.2) is 40.1 Å². The van der Waals surface area contributed by atoms with E-state index in [0.29, 0.717) is 18.3 Å². The van der Waals surface area contributed by atoms with Crippen molar-refractivity contribution in [2.24, 2.45) is 0 Å². The molecule has 0 spiro atoms. The highest BCUT2D eigenvalue weighted by Crippen LogP contribution is 2.37. The number of rotatable bonds is 6. The van der Waals surface area contributed by atoms with Gasteiger partial charge < -0.3 is 9.84 Å². The van der Waals surface area contributed by atoms with Gasteiger partial charge in [0.1, 0.15) is 0 Å². The normalized spacial score (nSPS) is 16.6. The standard InChI is InChI=1S/C23H24N4O2S2/c1-5-27-14(2)19(20(24-23(27)28)15-6-10-17(30-3)11-7-15)22-25-21(26-29-22)16-8-12-18(31-4)13-9-16/h6-13,20H,5H2,1-4H3,(H,24,28). The molecule has 160 valence electrons. The van der Waals surface area contributed by atoms with Crippen molar-refractivity contribution >= 4 is 35.1 Å². The van der Waals surface area contributed by atoms with Crippen LogP contribution in [0.3, 0.4) is 0 Å². The molecule has 0 saturated carbocycles. The van der Waals surface area contributed by atoms with Crippen molar-refractivity contribution in [3.63, 3.8) is 0 Å². The van der Waals surface area contributed by atoms with E-state index in [-0.39, 0.29) is 12.1 Å². The Morgan fingerprint density at radius 1 is 1.03 bits per heavy atom. The van der Waals surface area contributed by atoms with Crippen LogP contribution in [0, 0.1) is 0 Å². The second-order valence-corrected chi connectivity index (χ2v) is 8.81. The lowest BCUT2D eigenvalue weighted by Gasteiger charge is -2.34. The predicted octanol–water partition coefficient (Wildman–Crippen LogP) is 5.70. The molecule has 0 fully saturated rings. The monoisotopic (exact) mass is 452 g/mol. The molecule has 1 unspecified atom stereocenters. The van der Waals surface area contributed by atoms with E-state index in [1.165, 1.54) is 4.90 Å². The van der Waals surface area contributed by atoms with Crippen molar-refractivity contribution in [3.05, 3.63) is 65.7 Å². The summed E-state index contributed by atoms with van der Waals surface area (Å²) in [6, 6.07) is 15.7. The summed E-state index contributed by atoms with van der Waals surface area (Å²) in [4.78, 5) is 21.4. The molecule has 6 nitrogen and oxygen atoms in total. The molecule has 1 aromatic heterocycles. The van der Waals surface area contributed by atoms with Gasteiger partial charge in [0.2, 0.25) is 5.82 Å². The molecule has 0 saturated heterocycles. The number of benzene rings is 2. The van der Waals surface area contributed by atoms with Gasteiger partial charge in [-0.25, -0.2) is 4.79 Å². The molecule has 0 radical (unpaired) electrons. The molecule has 1 N–H and O–H groups in total. The summed E-state index contributed by atoms with van der Waals surface area (Å²) >= 11 is 3.37. The fraction of sp³-hybridized carbons (Fsp3) is 0.261. The highest BCUT2D eigenvalue weighted by Gasteiger charge is 2.35. The molecule has 31 heavy (non-hydrogen) atoms. The molecule has 1 aliphatic rings. The number of urea groups is 1. The fourth-order valence-corrected chi connectivity index (χ4v) is 4.49. The first-order valence-electron chi connectivity index (χ1n) is 9.97. The maximum absolute atomic E-state index is 12.7. The number of aromatic nitrogens is 2. The van der Waals surface area contributed by atoms with Crippen LogP contribution in [0.5, 0.6) is 0 Å². The summed E-state index contributed by atoms with van der Waals surface area (Å²) in [5.74, 6) is 0.943. The SMILES string of the molecule is CCN1C(=O)NC(c2ccc(SC)cc2)C(c2nc(-c3ccc(SC)cc3)no2)=C1C. The first-order valence-corrected chi connectivity index (χ1v) is 12.4. The average Bonchev–Trinajstić information content (AvgIpc) is 3.29. The summed E-state index contributed by atoms with van der Waals surface area (Å²) in [5.41, 5.74) is 3.50. The zero-order valence-corrected chi connectivity index (χ0v) is 19.5. The van der Waals surface area contributed by atoms with Crippen molar-refractivity contribution in [1.82, 2.24) is 20.4 Å². The Hall–Kier alpha value is -2.71. The van der Waals surface area contributed by atoms with Gasteiger partial charge in [0.15, 0.2) is 0 Å². The highest BCUT2D eigenvalue weighted by molar-refractivity contribution is 7.98. The third kappa shape index (κ3) is 4.22. The number of carbonyl (C=O) groups excluding carboxylic acids is 1. The number of nitrogens with zero attached hydrogens (tertiary/aromatic N) is 3. The van der Waals surface area contributed by atoms with E-state index in [1.807, 2.05) is 62.8 Å². The van der Waals surface area contributed by atoms with Gasteiger partial charge in [0.05, 0.1) is 11.6 Å². The Balaban J connectivity index is 1.76. The average molecular weight is 453 g/mol. The van der Waals surface area contributed by atoms with Crippen LogP contribution in [0.25, 0.3) is 17.0 Å².